The van der Waals surface area contributed by atoms with E-state index in [1.165, 1.54) is 82.8 Å². The van der Waals surface area contributed by atoms with Gasteiger partial charge in [-0.3, -0.25) is 4.18 Å². The van der Waals surface area contributed by atoms with Gasteiger partial charge in [-0.15, -0.1) is 13.2 Å². The van der Waals surface area contributed by atoms with Gasteiger partial charge >= 0.3 is 40.0 Å². The minimum Gasteiger partial charge on any atom is -0.726 e. The van der Waals surface area contributed by atoms with Crippen molar-refractivity contribution in [1.29, 1.82) is 0 Å². The first-order chi connectivity index (χ1) is 15.2. The minimum absolute atomic E-state index is 0. The molecule has 0 aliphatic heterocycles. The van der Waals surface area contributed by atoms with Crippen molar-refractivity contribution in [3.8, 4) is 0 Å². The Hall–Kier alpha value is 0.220. The molecule has 0 fully saturated rings. The van der Waals surface area contributed by atoms with Crippen LogP contribution in [-0.4, -0.2) is 41.2 Å². The molecule has 0 saturated carbocycles. The monoisotopic (exact) mass is 522 g/mol. The van der Waals surface area contributed by atoms with Crippen LogP contribution < -0.4 is 29.6 Å². The van der Waals surface area contributed by atoms with E-state index in [0.717, 1.165) is 19.3 Å². The quantitative estimate of drug-likeness (QED) is 0.0700. The summed E-state index contributed by atoms with van der Waals surface area (Å²) >= 11 is 0. The second-order valence-electron chi connectivity index (χ2n) is 7.38. The molecule has 0 radical (unpaired) electrons. The Morgan fingerprint density at radius 2 is 1.00 bits per heavy atom. The Bertz CT molecular complexity index is 637. The van der Waals surface area contributed by atoms with Crippen molar-refractivity contribution in [3.05, 3.63) is 25.3 Å². The maximum atomic E-state index is 11.2. The summed E-state index contributed by atoms with van der Waals surface area (Å²) in [6.45, 7) is 8.70. The van der Waals surface area contributed by atoms with Gasteiger partial charge in [0.2, 0.25) is 10.4 Å². The molecule has 0 N–H and O–H groups in total. The molecule has 0 saturated heterocycles. The Balaban J connectivity index is -0.000000851. The molecule has 0 aromatic carbocycles. The van der Waals surface area contributed by atoms with Crippen molar-refractivity contribution in [1.82, 2.24) is 0 Å². The van der Waals surface area contributed by atoms with Crippen LogP contribution in [0.4, 0.5) is 0 Å². The molecule has 0 aliphatic carbocycles. The Morgan fingerprint density at radius 3 is 1.33 bits per heavy atom. The summed E-state index contributed by atoms with van der Waals surface area (Å²) in [5.41, 5.74) is 0. The van der Waals surface area contributed by atoms with Crippen LogP contribution in [0.25, 0.3) is 0 Å². The van der Waals surface area contributed by atoms with Gasteiger partial charge in [0.05, 0.1) is 19.8 Å². The molecule has 11 heteroatoms. The summed E-state index contributed by atoms with van der Waals surface area (Å²) in [5, 5.41) is 0. The molecule has 0 heterocycles. The van der Waals surface area contributed by atoms with Crippen LogP contribution in [0.2, 0.25) is 0 Å². The summed E-state index contributed by atoms with van der Waals surface area (Å²) in [6.07, 6.45) is 20.4. The fourth-order valence-electron chi connectivity index (χ4n) is 2.75. The van der Waals surface area contributed by atoms with Gasteiger partial charge in [0.25, 0.3) is 0 Å². The molecular formula is C22H43NaO8S2. The van der Waals surface area contributed by atoms with Crippen LogP contribution in [0.5, 0.6) is 0 Å². The van der Waals surface area contributed by atoms with Gasteiger partial charge in [-0.25, -0.2) is 16.8 Å². The minimum atomic E-state index is -4.51. The van der Waals surface area contributed by atoms with Gasteiger partial charge < -0.3 is 4.55 Å². The van der Waals surface area contributed by atoms with E-state index in [4.69, 9.17) is 4.18 Å². The molecule has 0 unspecified atom stereocenters. The van der Waals surface area contributed by atoms with E-state index in [1.54, 1.807) is 0 Å². The average Bonchev–Trinajstić information content (AvgIpc) is 2.73. The third-order valence-electron chi connectivity index (χ3n) is 4.39. The molecule has 0 atom stereocenters. The van der Waals surface area contributed by atoms with Gasteiger partial charge in [0, 0.05) is 0 Å². The van der Waals surface area contributed by atoms with Gasteiger partial charge in [-0.05, 0) is 6.42 Å². The number of hydrogen-bond donors (Lipinski definition) is 0. The standard InChI is InChI=1S/C19H38O4S.C3H6O4S.Na/c1-3-5-6-7-8-9-10-11-12-13-14-15-16-17-19-23-24(20,21)22-18-4-2;1-2-3-7-8(4,5)6;/h4H,2-3,5-19H2,1H3;2H,1,3H2,(H,4,5,6);/q;;+1/p-1. The predicted molar refractivity (Wildman–Crippen MR) is 127 cm³/mol. The van der Waals surface area contributed by atoms with E-state index < -0.39 is 20.8 Å². The zero-order valence-electron chi connectivity index (χ0n) is 20.7. The van der Waals surface area contributed by atoms with Crippen molar-refractivity contribution >= 4 is 20.8 Å². The molecule has 0 rings (SSSR count). The summed E-state index contributed by atoms with van der Waals surface area (Å²) in [6, 6.07) is 0. The van der Waals surface area contributed by atoms with Crippen LogP contribution in [0, 0.1) is 0 Å². The smallest absolute Gasteiger partial charge is 0.726 e. The van der Waals surface area contributed by atoms with E-state index in [0.29, 0.717) is 0 Å². The van der Waals surface area contributed by atoms with Crippen molar-refractivity contribution < 1.29 is 63.5 Å². The molecule has 0 aromatic rings. The molecule has 0 bridgehead atoms. The number of rotatable bonds is 22. The van der Waals surface area contributed by atoms with E-state index in [1.807, 2.05) is 0 Å². The van der Waals surface area contributed by atoms with Crippen molar-refractivity contribution in [2.45, 2.75) is 96.8 Å². The van der Waals surface area contributed by atoms with Crippen molar-refractivity contribution in [2.75, 3.05) is 19.8 Å². The Labute approximate surface area is 225 Å². The van der Waals surface area contributed by atoms with Crippen molar-refractivity contribution in [3.63, 3.8) is 0 Å². The van der Waals surface area contributed by atoms with Gasteiger partial charge in [-0.1, -0.05) is 103 Å². The SMILES string of the molecule is C=CCOS(=O)(=O)OCCCCCCCCCCCCCCCC.C=CCOS(=O)(=O)[O-].[Na+]. The summed E-state index contributed by atoms with van der Waals surface area (Å²) < 4.78 is 64.1. The topological polar surface area (TPSA) is 119 Å². The van der Waals surface area contributed by atoms with Crippen LogP contribution in [0.3, 0.4) is 0 Å². The van der Waals surface area contributed by atoms with Crippen LogP contribution in [0.15, 0.2) is 25.3 Å². The molecule has 8 nitrogen and oxygen atoms in total. The maximum absolute atomic E-state index is 11.2. The van der Waals surface area contributed by atoms with Gasteiger partial charge in [0.15, 0.2) is 0 Å². The predicted octanol–water partition coefficient (Wildman–Crippen LogP) is 2.58. The summed E-state index contributed by atoms with van der Waals surface area (Å²) in [5.74, 6) is 0. The van der Waals surface area contributed by atoms with E-state index >= 15 is 0 Å². The Kier molecular flexibility index (Phi) is 30.7. The average molecular weight is 523 g/mol. The van der Waals surface area contributed by atoms with Crippen LogP contribution >= 0.6 is 0 Å². The molecule has 0 amide bonds. The van der Waals surface area contributed by atoms with E-state index in [2.05, 4.69) is 28.4 Å². The van der Waals surface area contributed by atoms with Crippen LogP contribution in [0.1, 0.15) is 96.8 Å². The largest absolute Gasteiger partial charge is 1.00 e. The number of hydrogen-bond acceptors (Lipinski definition) is 8. The maximum Gasteiger partial charge on any atom is 1.00 e. The zero-order valence-corrected chi connectivity index (χ0v) is 24.3. The zero-order chi connectivity index (χ0) is 24.6. The third kappa shape index (κ3) is 36.9. The van der Waals surface area contributed by atoms with E-state index in [9.17, 15) is 21.4 Å². The molecule has 0 aliphatic rings. The molecule has 0 spiro atoms. The fourth-order valence-corrected chi connectivity index (χ4v) is 3.67. The van der Waals surface area contributed by atoms with Crippen molar-refractivity contribution in [2.24, 2.45) is 0 Å². The first-order valence-corrected chi connectivity index (χ1v) is 14.2. The van der Waals surface area contributed by atoms with Crippen LogP contribution in [-0.2, 0) is 33.3 Å². The Morgan fingerprint density at radius 1 is 0.636 bits per heavy atom. The number of unbranched alkanes of at least 4 members (excludes halogenated alkanes) is 13. The molecule has 0 aromatic heterocycles. The molecule has 192 valence electrons. The summed E-state index contributed by atoms with van der Waals surface area (Å²) in [7, 11) is -8.34. The van der Waals surface area contributed by atoms with Gasteiger partial charge in [0.1, 0.15) is 0 Å². The molecular weight excluding hydrogens is 479 g/mol. The normalized spacial score (nSPS) is 11.2. The van der Waals surface area contributed by atoms with Gasteiger partial charge in [-0.2, -0.15) is 8.42 Å². The van der Waals surface area contributed by atoms with E-state index in [-0.39, 0.29) is 49.4 Å². The fraction of sp³-hybridized carbons (Fsp3) is 0.818. The third-order valence-corrected chi connectivity index (χ3v) is 5.69. The first-order valence-electron chi connectivity index (χ1n) is 11.5. The second-order valence-corrected chi connectivity index (χ2v) is 9.72. The molecule has 33 heavy (non-hydrogen) atoms. The first kappa shape index (κ1) is 37.8. The summed E-state index contributed by atoms with van der Waals surface area (Å²) in [4.78, 5) is 0. The second kappa shape index (κ2) is 26.8.